The van der Waals surface area contributed by atoms with Crippen LogP contribution in [0.1, 0.15) is 22.0 Å². The summed E-state index contributed by atoms with van der Waals surface area (Å²) >= 11 is 1.73. The van der Waals surface area contributed by atoms with E-state index < -0.39 is 0 Å². The first-order valence-electron chi connectivity index (χ1n) is 5.40. The summed E-state index contributed by atoms with van der Waals surface area (Å²) in [7, 11) is 0. The number of hydrogen-bond acceptors (Lipinski definition) is 4. The van der Waals surface area contributed by atoms with Crippen LogP contribution in [-0.2, 0) is 13.0 Å². The van der Waals surface area contributed by atoms with E-state index in [1.54, 1.807) is 17.6 Å². The van der Waals surface area contributed by atoms with Gasteiger partial charge in [0.25, 0.3) is 0 Å². The molecule has 3 nitrogen and oxygen atoms in total. The van der Waals surface area contributed by atoms with Gasteiger partial charge >= 0.3 is 0 Å². The van der Waals surface area contributed by atoms with Crippen molar-refractivity contribution in [2.75, 3.05) is 6.54 Å². The van der Waals surface area contributed by atoms with Crippen molar-refractivity contribution in [3.8, 4) is 0 Å². The topological polar surface area (TPSA) is 38.1 Å². The van der Waals surface area contributed by atoms with E-state index in [-0.39, 0.29) is 0 Å². The van der Waals surface area contributed by atoms with Crippen LogP contribution in [0.4, 0.5) is 0 Å². The van der Waals surface area contributed by atoms with Crippen LogP contribution in [-0.4, -0.2) is 11.5 Å². The normalized spacial score (nSPS) is 10.9. The lowest BCUT2D eigenvalue weighted by molar-refractivity contribution is 0.481. The van der Waals surface area contributed by atoms with Crippen molar-refractivity contribution in [2.45, 2.75) is 26.8 Å². The standard InChI is InChI=1S/C12H16N2OS/c1-9-4-6-15-11(9)7-13-5-3-12-14-10(2)8-16-12/h4,6,8,13H,3,5,7H2,1-2H3. The summed E-state index contributed by atoms with van der Waals surface area (Å²) in [5.41, 5.74) is 2.32. The SMILES string of the molecule is Cc1csc(CCNCc2occc2C)n1. The van der Waals surface area contributed by atoms with E-state index in [1.165, 1.54) is 10.6 Å². The number of aromatic nitrogens is 1. The van der Waals surface area contributed by atoms with Gasteiger partial charge in [0.15, 0.2) is 0 Å². The maximum absolute atomic E-state index is 5.35. The van der Waals surface area contributed by atoms with Crippen LogP contribution in [0.5, 0.6) is 0 Å². The van der Waals surface area contributed by atoms with E-state index in [0.717, 1.165) is 31.0 Å². The molecule has 1 N–H and O–H groups in total. The molecule has 0 aliphatic heterocycles. The molecule has 0 aliphatic rings. The van der Waals surface area contributed by atoms with Crippen molar-refractivity contribution in [1.82, 2.24) is 10.3 Å². The third kappa shape index (κ3) is 2.93. The highest BCUT2D eigenvalue weighted by Crippen LogP contribution is 2.10. The van der Waals surface area contributed by atoms with Crippen molar-refractivity contribution >= 4 is 11.3 Å². The lowest BCUT2D eigenvalue weighted by Gasteiger charge is -2.01. The van der Waals surface area contributed by atoms with E-state index in [2.05, 4.69) is 22.6 Å². The van der Waals surface area contributed by atoms with Crippen LogP contribution in [0.25, 0.3) is 0 Å². The van der Waals surface area contributed by atoms with Gasteiger partial charge in [0.1, 0.15) is 5.76 Å². The molecule has 16 heavy (non-hydrogen) atoms. The summed E-state index contributed by atoms with van der Waals surface area (Å²) < 4.78 is 5.35. The fourth-order valence-corrected chi connectivity index (χ4v) is 2.28. The van der Waals surface area contributed by atoms with Gasteiger partial charge in [-0.05, 0) is 25.5 Å². The minimum Gasteiger partial charge on any atom is -0.468 e. The summed E-state index contributed by atoms with van der Waals surface area (Å²) in [6.45, 7) is 5.82. The number of nitrogens with zero attached hydrogens (tertiary/aromatic N) is 1. The Hall–Kier alpha value is -1.13. The monoisotopic (exact) mass is 236 g/mol. The molecule has 0 aromatic carbocycles. The zero-order chi connectivity index (χ0) is 11.4. The number of thiazole rings is 1. The molecule has 4 heteroatoms. The minimum atomic E-state index is 0.795. The summed E-state index contributed by atoms with van der Waals surface area (Å²) in [5, 5.41) is 6.64. The molecule has 0 atom stereocenters. The summed E-state index contributed by atoms with van der Waals surface area (Å²) in [4.78, 5) is 4.42. The van der Waals surface area contributed by atoms with Crippen molar-refractivity contribution in [1.29, 1.82) is 0 Å². The predicted octanol–water partition coefficient (Wildman–Crippen LogP) is 2.69. The van der Waals surface area contributed by atoms with E-state index in [9.17, 15) is 0 Å². The molecular formula is C12H16N2OS. The molecule has 0 unspecified atom stereocenters. The third-order valence-electron chi connectivity index (χ3n) is 2.44. The van der Waals surface area contributed by atoms with Gasteiger partial charge in [-0.2, -0.15) is 0 Å². The minimum absolute atomic E-state index is 0.795. The van der Waals surface area contributed by atoms with E-state index in [1.807, 2.05) is 13.0 Å². The van der Waals surface area contributed by atoms with Gasteiger partial charge < -0.3 is 9.73 Å². The predicted molar refractivity (Wildman–Crippen MR) is 65.7 cm³/mol. The number of hydrogen-bond donors (Lipinski definition) is 1. The highest BCUT2D eigenvalue weighted by Gasteiger charge is 2.01. The average molecular weight is 236 g/mol. The second-order valence-electron chi connectivity index (χ2n) is 3.84. The quantitative estimate of drug-likeness (QED) is 0.811. The van der Waals surface area contributed by atoms with Crippen LogP contribution in [0.3, 0.4) is 0 Å². The van der Waals surface area contributed by atoms with E-state index in [4.69, 9.17) is 4.42 Å². The molecule has 0 aliphatic carbocycles. The van der Waals surface area contributed by atoms with Crippen molar-refractivity contribution < 1.29 is 4.42 Å². The van der Waals surface area contributed by atoms with Gasteiger partial charge in [-0.25, -0.2) is 4.98 Å². The Morgan fingerprint density at radius 1 is 1.44 bits per heavy atom. The van der Waals surface area contributed by atoms with Gasteiger partial charge in [-0.15, -0.1) is 11.3 Å². The first-order chi connectivity index (χ1) is 7.75. The van der Waals surface area contributed by atoms with Gasteiger partial charge in [-0.3, -0.25) is 0 Å². The Kier molecular flexibility index (Phi) is 3.74. The molecule has 2 rings (SSSR count). The Labute approximate surface area is 99.5 Å². The highest BCUT2D eigenvalue weighted by atomic mass is 32.1. The highest BCUT2D eigenvalue weighted by molar-refractivity contribution is 7.09. The van der Waals surface area contributed by atoms with Crippen LogP contribution in [0.15, 0.2) is 22.1 Å². The zero-order valence-electron chi connectivity index (χ0n) is 9.62. The molecule has 0 saturated carbocycles. The molecule has 0 bridgehead atoms. The smallest absolute Gasteiger partial charge is 0.120 e. The first-order valence-corrected chi connectivity index (χ1v) is 6.28. The van der Waals surface area contributed by atoms with Gasteiger partial charge in [0, 0.05) is 24.0 Å². The third-order valence-corrected chi connectivity index (χ3v) is 3.46. The Bertz CT molecular complexity index is 447. The van der Waals surface area contributed by atoms with Crippen LogP contribution in [0, 0.1) is 13.8 Å². The molecule has 86 valence electrons. The number of aryl methyl sites for hydroxylation is 2. The maximum Gasteiger partial charge on any atom is 0.120 e. The lowest BCUT2D eigenvalue weighted by atomic mass is 10.3. The second-order valence-corrected chi connectivity index (χ2v) is 4.78. The Balaban J connectivity index is 1.71. The number of rotatable bonds is 5. The van der Waals surface area contributed by atoms with E-state index in [0.29, 0.717) is 0 Å². The molecular weight excluding hydrogens is 220 g/mol. The van der Waals surface area contributed by atoms with Crippen molar-refractivity contribution in [3.63, 3.8) is 0 Å². The van der Waals surface area contributed by atoms with Crippen molar-refractivity contribution in [3.05, 3.63) is 39.7 Å². The maximum atomic E-state index is 5.35. The molecule has 0 fully saturated rings. The molecule has 0 radical (unpaired) electrons. The van der Waals surface area contributed by atoms with E-state index >= 15 is 0 Å². The second kappa shape index (κ2) is 5.27. The zero-order valence-corrected chi connectivity index (χ0v) is 10.4. The number of furan rings is 1. The van der Waals surface area contributed by atoms with Gasteiger partial charge in [0.05, 0.1) is 17.8 Å². The first kappa shape index (κ1) is 11.4. The summed E-state index contributed by atoms with van der Waals surface area (Å²) in [6.07, 6.45) is 2.72. The Morgan fingerprint density at radius 2 is 2.31 bits per heavy atom. The molecule has 0 saturated heterocycles. The lowest BCUT2D eigenvalue weighted by Crippen LogP contribution is -2.16. The molecule has 0 amide bonds. The van der Waals surface area contributed by atoms with Crippen LogP contribution >= 0.6 is 11.3 Å². The van der Waals surface area contributed by atoms with Crippen molar-refractivity contribution in [2.24, 2.45) is 0 Å². The Morgan fingerprint density at radius 3 is 2.94 bits per heavy atom. The molecule has 0 spiro atoms. The average Bonchev–Trinajstić information content (AvgIpc) is 2.83. The molecule has 2 heterocycles. The fourth-order valence-electron chi connectivity index (χ4n) is 1.50. The largest absolute Gasteiger partial charge is 0.468 e. The van der Waals surface area contributed by atoms with Crippen LogP contribution < -0.4 is 5.32 Å². The summed E-state index contributed by atoms with van der Waals surface area (Å²) in [6, 6.07) is 1.99. The molecule has 2 aromatic heterocycles. The van der Waals surface area contributed by atoms with Crippen LogP contribution in [0.2, 0.25) is 0 Å². The number of nitrogens with one attached hydrogen (secondary N) is 1. The van der Waals surface area contributed by atoms with Gasteiger partial charge in [-0.1, -0.05) is 0 Å². The fraction of sp³-hybridized carbons (Fsp3) is 0.417. The molecule has 2 aromatic rings. The van der Waals surface area contributed by atoms with Gasteiger partial charge in [0.2, 0.25) is 0 Å². The summed E-state index contributed by atoms with van der Waals surface area (Å²) in [5.74, 6) is 1.02.